The molecule has 6 heterocycles. The summed E-state index contributed by atoms with van der Waals surface area (Å²) < 4.78 is 26.1. The molecule has 0 bridgehead atoms. The number of carbonyl (C=O) groups is 5. The number of piperidine rings is 1. The third-order valence-corrected chi connectivity index (χ3v) is 17.3. The number of urea groups is 2. The predicted octanol–water partition coefficient (Wildman–Crippen LogP) is 2.14. The minimum atomic E-state index is -0.637. The molecule has 0 radical (unpaired) electrons. The topological polar surface area (TPSA) is 216 Å². The van der Waals surface area contributed by atoms with Crippen LogP contribution in [0.4, 0.5) is 19.7 Å². The zero-order chi connectivity index (χ0) is 50.0. The summed E-state index contributed by atoms with van der Waals surface area (Å²) in [6, 6.07) is 11.3. The van der Waals surface area contributed by atoms with Crippen LogP contribution in [0.25, 0.3) is 0 Å². The Labute approximate surface area is 424 Å². The number of benzene rings is 2. The highest BCUT2D eigenvalue weighted by Gasteiger charge is 2.41. The fourth-order valence-corrected chi connectivity index (χ4v) is 12.3. The molecule has 0 spiro atoms. The van der Waals surface area contributed by atoms with Gasteiger partial charge in [0.05, 0.1) is 23.8 Å². The molecule has 20 nitrogen and oxygen atoms in total. The highest BCUT2D eigenvalue weighted by Crippen LogP contribution is 2.31. The molecule has 0 aliphatic carbocycles. The number of amides is 7. The summed E-state index contributed by atoms with van der Waals surface area (Å²) in [5, 5.41) is 19.0. The first-order valence-corrected chi connectivity index (χ1v) is 27.0. The van der Waals surface area contributed by atoms with Crippen molar-refractivity contribution >= 4 is 59.0 Å². The lowest BCUT2D eigenvalue weighted by molar-refractivity contribution is -0.134. The zero-order valence-electron chi connectivity index (χ0n) is 41.3. The van der Waals surface area contributed by atoms with Crippen molar-refractivity contribution in [3.05, 3.63) is 53.8 Å². The SMILES string of the molecule is COc1ccc([C@@H](C)NC(=O)[C@H](CCC(=O)N2CCC(N3CC(C4CN(CCOc5ccc(NC(=O)NC6NC(CC(=O)N7CCN(C)CC7)CS6)cc5)NN4)C3)CC2)SC2NC(=O)NCC2C)c(F)c1. The molecule has 6 aliphatic heterocycles. The summed E-state index contributed by atoms with van der Waals surface area (Å²) in [6.07, 6.45) is 2.69. The van der Waals surface area contributed by atoms with Crippen molar-refractivity contribution in [3.8, 4) is 11.5 Å². The monoisotopic (exact) mass is 1030 g/mol. The summed E-state index contributed by atoms with van der Waals surface area (Å²) in [5.74, 6) is 1.79. The number of likely N-dealkylation sites (tertiary alicyclic amines) is 2. The maximum Gasteiger partial charge on any atom is 0.321 e. The number of carbonyl (C=O) groups excluding carboxylic acids is 5. The van der Waals surface area contributed by atoms with Crippen molar-refractivity contribution in [2.24, 2.45) is 11.8 Å². The van der Waals surface area contributed by atoms with E-state index in [0.29, 0.717) is 80.0 Å². The first kappa shape index (κ1) is 52.7. The molecule has 2 aromatic carbocycles. The van der Waals surface area contributed by atoms with E-state index in [4.69, 9.17) is 9.47 Å². The van der Waals surface area contributed by atoms with Crippen molar-refractivity contribution in [2.45, 2.75) is 86.2 Å². The molecule has 8 N–H and O–H groups in total. The van der Waals surface area contributed by atoms with Crippen LogP contribution in [0.15, 0.2) is 42.5 Å². The molecule has 7 atom stereocenters. The Balaban J connectivity index is 0.693. The maximum atomic E-state index is 14.9. The van der Waals surface area contributed by atoms with E-state index in [0.717, 1.165) is 64.4 Å². The smallest absolute Gasteiger partial charge is 0.321 e. The van der Waals surface area contributed by atoms with E-state index in [2.05, 4.69) is 64.7 Å². The number of nitrogens with zero attached hydrogens (tertiary/aromatic N) is 5. The molecule has 0 aromatic heterocycles. The maximum absolute atomic E-state index is 14.9. The Morgan fingerprint density at radius 2 is 1.69 bits per heavy atom. The van der Waals surface area contributed by atoms with Gasteiger partial charge in [-0.25, -0.2) is 24.4 Å². The Morgan fingerprint density at radius 3 is 2.42 bits per heavy atom. The van der Waals surface area contributed by atoms with Gasteiger partial charge < -0.3 is 50.8 Å². The van der Waals surface area contributed by atoms with Gasteiger partial charge in [0, 0.05) is 138 Å². The van der Waals surface area contributed by atoms with Crippen molar-refractivity contribution in [2.75, 3.05) is 104 Å². The van der Waals surface area contributed by atoms with E-state index in [1.165, 1.54) is 24.9 Å². The first-order valence-electron chi connectivity index (χ1n) is 25.0. The Morgan fingerprint density at radius 1 is 0.958 bits per heavy atom. The largest absolute Gasteiger partial charge is 0.497 e. The van der Waals surface area contributed by atoms with Crippen molar-refractivity contribution in [1.82, 2.24) is 62.2 Å². The van der Waals surface area contributed by atoms with Crippen LogP contribution in [0.1, 0.15) is 57.6 Å². The lowest BCUT2D eigenvalue weighted by Crippen LogP contribution is -2.60. The molecular formula is C48H72FN13O7S2. The van der Waals surface area contributed by atoms with Gasteiger partial charge in [0.2, 0.25) is 17.7 Å². The van der Waals surface area contributed by atoms with Crippen molar-refractivity contribution < 1.29 is 37.8 Å². The number of hydrogen-bond donors (Lipinski definition) is 8. The normalized spacial score (nSPS) is 25.6. The predicted molar refractivity (Wildman–Crippen MR) is 272 cm³/mol. The number of methoxy groups -OCH3 is 1. The number of hydrogen-bond acceptors (Lipinski definition) is 15. The average molecular weight is 1030 g/mol. The minimum Gasteiger partial charge on any atom is -0.497 e. The van der Waals surface area contributed by atoms with Gasteiger partial charge in [-0.1, -0.05) is 13.0 Å². The van der Waals surface area contributed by atoms with Gasteiger partial charge in [0.1, 0.15) is 29.4 Å². The van der Waals surface area contributed by atoms with Crippen molar-refractivity contribution in [1.29, 1.82) is 0 Å². The van der Waals surface area contributed by atoms with Crippen LogP contribution in [0, 0.1) is 17.7 Å². The quantitative estimate of drug-likeness (QED) is 0.101. The number of thioether (sulfide) groups is 2. The van der Waals surface area contributed by atoms with Crippen molar-refractivity contribution in [3.63, 3.8) is 0 Å². The van der Waals surface area contributed by atoms with E-state index in [-0.39, 0.29) is 65.5 Å². The number of hydrazine groups is 2. The number of halogens is 1. The Hall–Kier alpha value is -4.62. The lowest BCUT2D eigenvalue weighted by atomic mass is 9.88. The first-order chi connectivity index (χ1) is 34.3. The average Bonchev–Trinajstić information content (AvgIpc) is 4.00. The molecular weight excluding hydrogens is 954 g/mol. The second kappa shape index (κ2) is 24.9. The third-order valence-electron chi connectivity index (χ3n) is 14.4. The van der Waals surface area contributed by atoms with Crippen LogP contribution < -0.4 is 52.3 Å². The summed E-state index contributed by atoms with van der Waals surface area (Å²) in [5.41, 5.74) is 7.49. The summed E-state index contributed by atoms with van der Waals surface area (Å²) in [6.45, 7) is 12.8. The number of rotatable bonds is 19. The number of nitrogens with one attached hydrogen (secondary N) is 8. The summed E-state index contributed by atoms with van der Waals surface area (Å²) in [4.78, 5) is 73.6. The highest BCUT2D eigenvalue weighted by atomic mass is 32.2. The fourth-order valence-electron chi connectivity index (χ4n) is 9.89. The van der Waals surface area contributed by atoms with Gasteiger partial charge in [0.25, 0.3) is 0 Å². The fraction of sp³-hybridized carbons (Fsp3) is 0.646. The van der Waals surface area contributed by atoms with Gasteiger partial charge >= 0.3 is 12.1 Å². The van der Waals surface area contributed by atoms with Crippen LogP contribution in [0.2, 0.25) is 0 Å². The van der Waals surface area contributed by atoms with E-state index >= 15 is 0 Å². The van der Waals surface area contributed by atoms with E-state index < -0.39 is 17.1 Å². The lowest BCUT2D eigenvalue weighted by Gasteiger charge is -2.48. The summed E-state index contributed by atoms with van der Waals surface area (Å²) >= 11 is 2.93. The van der Waals surface area contributed by atoms with Crippen LogP contribution >= 0.6 is 23.5 Å². The molecule has 390 valence electrons. The molecule has 2 aromatic rings. The Bertz CT molecular complexity index is 2150. The molecule has 71 heavy (non-hydrogen) atoms. The van der Waals surface area contributed by atoms with Crippen LogP contribution in [-0.4, -0.2) is 187 Å². The Kier molecular flexibility index (Phi) is 18.5. The van der Waals surface area contributed by atoms with E-state index in [1.54, 1.807) is 30.8 Å². The number of likely N-dealkylation sites (N-methyl/N-ethyl adjacent to an activating group) is 1. The molecule has 5 unspecified atom stereocenters. The molecule has 23 heteroatoms. The van der Waals surface area contributed by atoms with Crippen LogP contribution in [0.5, 0.6) is 11.5 Å². The van der Waals surface area contributed by atoms with Crippen LogP contribution in [0.3, 0.4) is 0 Å². The molecule has 6 aliphatic rings. The van der Waals surface area contributed by atoms with Gasteiger partial charge in [-0.05, 0) is 63.6 Å². The van der Waals surface area contributed by atoms with Gasteiger partial charge in [0.15, 0.2) is 0 Å². The highest BCUT2D eigenvalue weighted by molar-refractivity contribution is 8.01. The van der Waals surface area contributed by atoms with Crippen LogP contribution in [-0.2, 0) is 14.4 Å². The standard InChI is InChI=1S/C48H72FN13O7S2/c1-30-25-50-46(66)54-45(30)71-41(44(65)51-31(2)38-10-9-37(68-4)24-39(38)49)11-12-42(63)59-15-13-35(14-16-59)61-26-32(27-61)40-28-62(57-56-40)21-22-69-36-7-5-33(6-8-36)52-47(67)55-48-53-34(29-70-48)23-43(64)60-19-17-58(3)18-20-60/h5-10,24,30-32,34-35,40-41,45,48,53,56-57H,11-23,25-29H2,1-4H3,(H,51,65)(H2,50,54,66)(H2,52,55,67)/t30?,31-,34?,40?,41+,45?,48?/m1/s1. The second-order valence-electron chi connectivity index (χ2n) is 19.6. The van der Waals surface area contributed by atoms with Gasteiger partial charge in [-0.15, -0.1) is 23.5 Å². The van der Waals surface area contributed by atoms with Gasteiger partial charge in [-0.2, -0.15) is 5.53 Å². The molecule has 6 fully saturated rings. The molecule has 0 saturated carbocycles. The number of ether oxygens (including phenoxy) is 2. The second-order valence-corrected chi connectivity index (χ2v) is 22.1. The molecule has 6 saturated heterocycles. The summed E-state index contributed by atoms with van der Waals surface area (Å²) in [7, 11) is 3.54. The minimum absolute atomic E-state index is 0.0118. The van der Waals surface area contributed by atoms with Gasteiger partial charge in [-0.3, -0.25) is 24.6 Å². The molecule has 8 rings (SSSR count). The zero-order valence-corrected chi connectivity index (χ0v) is 42.9. The molecule has 7 amide bonds. The van der Waals surface area contributed by atoms with E-state index in [1.807, 2.05) is 41.0 Å². The third kappa shape index (κ3) is 14.5. The van der Waals surface area contributed by atoms with E-state index in [9.17, 15) is 28.4 Å². The number of piperazine rings is 1. The number of anilines is 1.